The molecule has 0 amide bonds. The van der Waals surface area contributed by atoms with Crippen LogP contribution in [0, 0.1) is 0 Å². The van der Waals surface area contributed by atoms with Crippen molar-refractivity contribution in [2.45, 2.75) is 18.9 Å². The maximum atomic E-state index is 5.82. The molecule has 2 aliphatic rings. The second-order valence-corrected chi connectivity index (χ2v) is 4.81. The van der Waals surface area contributed by atoms with Crippen LogP contribution in [0.2, 0.25) is 0 Å². The number of benzene rings is 1. The van der Waals surface area contributed by atoms with Crippen molar-refractivity contribution in [2.24, 2.45) is 0 Å². The topological polar surface area (TPSA) is 30.9 Å². The maximum absolute atomic E-state index is 5.82. The van der Waals surface area contributed by atoms with Crippen molar-refractivity contribution in [2.75, 3.05) is 38.3 Å². The van der Waals surface area contributed by atoms with Gasteiger partial charge in [0.05, 0.1) is 20.3 Å². The standard InChI is InChI=1S/C14H19NO3/c1-16-14-8-11(15-6-2-3-7-15)4-5-13(14)18-12-9-17-10-12/h4-5,8,12H,2-3,6-7,9-10H2,1H3. The van der Waals surface area contributed by atoms with Crippen LogP contribution in [0.25, 0.3) is 0 Å². The van der Waals surface area contributed by atoms with E-state index in [0.29, 0.717) is 13.2 Å². The van der Waals surface area contributed by atoms with Crippen LogP contribution in [0.5, 0.6) is 11.5 Å². The molecule has 0 unspecified atom stereocenters. The summed E-state index contributed by atoms with van der Waals surface area (Å²) in [7, 11) is 1.69. The number of nitrogens with zero attached hydrogens (tertiary/aromatic N) is 1. The number of ether oxygens (including phenoxy) is 3. The van der Waals surface area contributed by atoms with Crippen molar-refractivity contribution >= 4 is 5.69 Å². The largest absolute Gasteiger partial charge is 0.493 e. The van der Waals surface area contributed by atoms with Gasteiger partial charge in [-0.15, -0.1) is 0 Å². The highest BCUT2D eigenvalue weighted by molar-refractivity contribution is 5.56. The average molecular weight is 249 g/mol. The smallest absolute Gasteiger partial charge is 0.162 e. The summed E-state index contributed by atoms with van der Waals surface area (Å²) in [4.78, 5) is 2.39. The molecule has 0 saturated carbocycles. The Hall–Kier alpha value is -1.42. The SMILES string of the molecule is COc1cc(N2CCCC2)ccc1OC1COC1. The van der Waals surface area contributed by atoms with Gasteiger partial charge in [0.2, 0.25) is 0 Å². The third kappa shape index (κ3) is 2.25. The molecule has 2 aliphatic heterocycles. The molecule has 2 saturated heterocycles. The van der Waals surface area contributed by atoms with E-state index in [2.05, 4.69) is 17.0 Å². The normalized spacial score (nSPS) is 19.7. The zero-order chi connectivity index (χ0) is 12.4. The van der Waals surface area contributed by atoms with Crippen LogP contribution in [0.1, 0.15) is 12.8 Å². The van der Waals surface area contributed by atoms with Crippen molar-refractivity contribution in [3.8, 4) is 11.5 Å². The van der Waals surface area contributed by atoms with Gasteiger partial charge >= 0.3 is 0 Å². The van der Waals surface area contributed by atoms with E-state index >= 15 is 0 Å². The Morgan fingerprint density at radius 1 is 1.17 bits per heavy atom. The molecule has 98 valence electrons. The van der Waals surface area contributed by atoms with E-state index in [0.717, 1.165) is 24.6 Å². The first-order valence-corrected chi connectivity index (χ1v) is 6.54. The number of methoxy groups -OCH3 is 1. The zero-order valence-corrected chi connectivity index (χ0v) is 10.7. The summed E-state index contributed by atoms with van der Waals surface area (Å²) in [6.45, 7) is 3.63. The first kappa shape index (κ1) is 11.7. The Labute approximate surface area is 107 Å². The van der Waals surface area contributed by atoms with Gasteiger partial charge in [-0.25, -0.2) is 0 Å². The summed E-state index contributed by atoms with van der Waals surface area (Å²) in [5, 5.41) is 0. The lowest BCUT2D eigenvalue weighted by Crippen LogP contribution is -2.38. The lowest BCUT2D eigenvalue weighted by atomic mass is 10.2. The number of hydrogen-bond donors (Lipinski definition) is 0. The first-order valence-electron chi connectivity index (χ1n) is 6.54. The van der Waals surface area contributed by atoms with E-state index in [4.69, 9.17) is 14.2 Å². The molecule has 0 atom stereocenters. The van der Waals surface area contributed by atoms with E-state index in [1.54, 1.807) is 7.11 Å². The molecule has 3 rings (SSSR count). The van der Waals surface area contributed by atoms with E-state index in [9.17, 15) is 0 Å². The molecule has 0 spiro atoms. The van der Waals surface area contributed by atoms with Gasteiger partial charge in [-0.05, 0) is 25.0 Å². The highest BCUT2D eigenvalue weighted by atomic mass is 16.6. The minimum Gasteiger partial charge on any atom is -0.493 e. The van der Waals surface area contributed by atoms with Gasteiger partial charge in [0.25, 0.3) is 0 Å². The lowest BCUT2D eigenvalue weighted by molar-refractivity contribution is -0.0803. The van der Waals surface area contributed by atoms with E-state index < -0.39 is 0 Å². The van der Waals surface area contributed by atoms with Gasteiger partial charge in [0, 0.05) is 24.8 Å². The van der Waals surface area contributed by atoms with Gasteiger partial charge in [-0.3, -0.25) is 0 Å². The molecule has 0 radical (unpaired) electrons. The highest BCUT2D eigenvalue weighted by Gasteiger charge is 2.22. The monoisotopic (exact) mass is 249 g/mol. The van der Waals surface area contributed by atoms with Gasteiger partial charge in [0.1, 0.15) is 6.10 Å². The quantitative estimate of drug-likeness (QED) is 0.817. The van der Waals surface area contributed by atoms with Gasteiger partial charge < -0.3 is 19.1 Å². The second-order valence-electron chi connectivity index (χ2n) is 4.81. The molecule has 0 aliphatic carbocycles. The second kappa shape index (κ2) is 5.06. The fraction of sp³-hybridized carbons (Fsp3) is 0.571. The summed E-state index contributed by atoms with van der Waals surface area (Å²) >= 11 is 0. The zero-order valence-electron chi connectivity index (χ0n) is 10.7. The summed E-state index contributed by atoms with van der Waals surface area (Å²) in [6, 6.07) is 6.19. The van der Waals surface area contributed by atoms with E-state index in [1.807, 2.05) is 6.07 Å². The molecular formula is C14H19NO3. The van der Waals surface area contributed by atoms with Crippen LogP contribution in [0.4, 0.5) is 5.69 Å². The fourth-order valence-corrected chi connectivity index (χ4v) is 2.39. The number of hydrogen-bond acceptors (Lipinski definition) is 4. The van der Waals surface area contributed by atoms with Crippen molar-refractivity contribution < 1.29 is 14.2 Å². The Morgan fingerprint density at radius 2 is 1.94 bits per heavy atom. The Bertz CT molecular complexity index is 412. The molecule has 18 heavy (non-hydrogen) atoms. The van der Waals surface area contributed by atoms with Gasteiger partial charge in [0.15, 0.2) is 11.5 Å². The summed E-state index contributed by atoms with van der Waals surface area (Å²) in [5.41, 5.74) is 1.22. The molecule has 0 bridgehead atoms. The average Bonchev–Trinajstić information content (AvgIpc) is 2.87. The molecule has 4 heteroatoms. The predicted octanol–water partition coefficient (Wildman–Crippen LogP) is 2.07. The molecule has 1 aromatic carbocycles. The summed E-state index contributed by atoms with van der Waals surface area (Å²) in [5.74, 6) is 1.63. The lowest BCUT2D eigenvalue weighted by Gasteiger charge is -2.28. The van der Waals surface area contributed by atoms with Crippen molar-refractivity contribution in [1.29, 1.82) is 0 Å². The highest BCUT2D eigenvalue weighted by Crippen LogP contribution is 2.34. The van der Waals surface area contributed by atoms with Crippen molar-refractivity contribution in [1.82, 2.24) is 0 Å². The third-order valence-corrected chi connectivity index (χ3v) is 3.52. The van der Waals surface area contributed by atoms with E-state index in [-0.39, 0.29) is 6.10 Å². The fourth-order valence-electron chi connectivity index (χ4n) is 2.39. The first-order chi connectivity index (χ1) is 8.86. The molecule has 0 N–H and O–H groups in total. The predicted molar refractivity (Wildman–Crippen MR) is 69.7 cm³/mol. The number of rotatable bonds is 4. The molecule has 2 heterocycles. The minimum absolute atomic E-state index is 0.177. The van der Waals surface area contributed by atoms with Crippen molar-refractivity contribution in [3.63, 3.8) is 0 Å². The van der Waals surface area contributed by atoms with Crippen LogP contribution in [0.3, 0.4) is 0 Å². The Balaban J connectivity index is 1.77. The summed E-state index contributed by atoms with van der Waals surface area (Å²) < 4.78 is 16.4. The Morgan fingerprint density at radius 3 is 2.56 bits per heavy atom. The minimum atomic E-state index is 0.177. The van der Waals surface area contributed by atoms with Crippen LogP contribution < -0.4 is 14.4 Å². The van der Waals surface area contributed by atoms with Crippen LogP contribution in [-0.2, 0) is 4.74 Å². The maximum Gasteiger partial charge on any atom is 0.162 e. The van der Waals surface area contributed by atoms with Crippen LogP contribution in [0.15, 0.2) is 18.2 Å². The molecule has 1 aromatic rings. The van der Waals surface area contributed by atoms with Crippen LogP contribution in [-0.4, -0.2) is 39.5 Å². The van der Waals surface area contributed by atoms with Gasteiger partial charge in [-0.1, -0.05) is 0 Å². The Kier molecular flexibility index (Phi) is 3.28. The molecule has 2 fully saturated rings. The summed E-state index contributed by atoms with van der Waals surface area (Å²) in [6.07, 6.45) is 2.73. The van der Waals surface area contributed by atoms with Gasteiger partial charge in [-0.2, -0.15) is 0 Å². The molecule has 0 aromatic heterocycles. The van der Waals surface area contributed by atoms with E-state index in [1.165, 1.54) is 18.5 Å². The van der Waals surface area contributed by atoms with Crippen molar-refractivity contribution in [3.05, 3.63) is 18.2 Å². The van der Waals surface area contributed by atoms with Crippen LogP contribution >= 0.6 is 0 Å². The molecular weight excluding hydrogens is 230 g/mol. The third-order valence-electron chi connectivity index (χ3n) is 3.52. The molecule has 4 nitrogen and oxygen atoms in total. The number of anilines is 1.